The van der Waals surface area contributed by atoms with Crippen molar-refractivity contribution in [3.8, 4) is 0 Å². The molecule has 0 aromatic rings. The normalized spacial score (nSPS) is 9.38. The summed E-state index contributed by atoms with van der Waals surface area (Å²) in [4.78, 5) is 19.9. The average molecular weight is 115 g/mol. The highest BCUT2D eigenvalue weighted by Crippen LogP contribution is 1.91. The zero-order valence-corrected chi connectivity index (χ0v) is 4.55. The Bertz CT molecular complexity index is 115. The van der Waals surface area contributed by atoms with Crippen molar-refractivity contribution in [1.82, 2.24) is 0 Å². The van der Waals surface area contributed by atoms with E-state index < -0.39 is 17.7 Å². The zero-order chi connectivity index (χ0) is 6.73. The van der Waals surface area contributed by atoms with E-state index >= 15 is 0 Å². The van der Waals surface area contributed by atoms with E-state index in [1.807, 2.05) is 0 Å². The van der Waals surface area contributed by atoms with Crippen LogP contribution in [0.1, 0.15) is 6.92 Å². The molecule has 1 unspecified atom stereocenters. The van der Waals surface area contributed by atoms with Crippen LogP contribution in [0.15, 0.2) is 0 Å². The second-order valence-corrected chi connectivity index (χ2v) is 1.57. The lowest BCUT2D eigenvalue weighted by atomic mass is 10.1. The number of aliphatic carboxylic acids is 1. The van der Waals surface area contributed by atoms with E-state index in [0.717, 1.165) is 0 Å². The third kappa shape index (κ3) is 1.73. The second kappa shape index (κ2) is 2.45. The summed E-state index contributed by atoms with van der Waals surface area (Å²) in [7, 11) is 0. The highest BCUT2D eigenvalue weighted by molar-refractivity contribution is 6.33. The SMILES string of the molecule is [CH2]C(C)C(=O)C(=O)O. The van der Waals surface area contributed by atoms with Crippen LogP contribution in [0.4, 0.5) is 0 Å². The summed E-state index contributed by atoms with van der Waals surface area (Å²) in [5.41, 5.74) is 0. The van der Waals surface area contributed by atoms with E-state index in [-0.39, 0.29) is 0 Å². The fraction of sp³-hybridized carbons (Fsp3) is 0.400. The van der Waals surface area contributed by atoms with Crippen LogP contribution in [-0.2, 0) is 9.59 Å². The first-order valence-electron chi connectivity index (χ1n) is 2.16. The van der Waals surface area contributed by atoms with Gasteiger partial charge in [-0.3, -0.25) is 4.79 Å². The number of Topliss-reactive ketones (excluding diaryl/α,β-unsaturated/α-hetero) is 1. The quantitative estimate of drug-likeness (QED) is 0.519. The number of ketones is 1. The van der Waals surface area contributed by atoms with Gasteiger partial charge in [0.15, 0.2) is 0 Å². The summed E-state index contributed by atoms with van der Waals surface area (Å²) in [5.74, 6) is -2.90. The fourth-order valence-corrected chi connectivity index (χ4v) is 0.211. The molecule has 0 aliphatic carbocycles. The number of rotatable bonds is 2. The van der Waals surface area contributed by atoms with E-state index in [1.165, 1.54) is 6.92 Å². The molecule has 0 spiro atoms. The number of carbonyl (C=O) groups excluding carboxylic acids is 1. The lowest BCUT2D eigenvalue weighted by Crippen LogP contribution is -2.18. The smallest absolute Gasteiger partial charge is 0.372 e. The van der Waals surface area contributed by atoms with E-state index in [2.05, 4.69) is 6.92 Å². The highest BCUT2D eigenvalue weighted by Gasteiger charge is 2.14. The summed E-state index contributed by atoms with van der Waals surface area (Å²) < 4.78 is 0. The molecule has 0 saturated heterocycles. The minimum atomic E-state index is -1.41. The Kier molecular flexibility index (Phi) is 2.19. The number of carbonyl (C=O) groups is 2. The van der Waals surface area contributed by atoms with Gasteiger partial charge in [0.1, 0.15) is 0 Å². The summed E-state index contributed by atoms with van der Waals surface area (Å²) >= 11 is 0. The van der Waals surface area contributed by atoms with Gasteiger partial charge in [0.25, 0.3) is 0 Å². The van der Waals surface area contributed by atoms with E-state index in [0.29, 0.717) is 0 Å². The largest absolute Gasteiger partial charge is 0.475 e. The molecule has 0 amide bonds. The van der Waals surface area contributed by atoms with Gasteiger partial charge in [0.2, 0.25) is 5.78 Å². The molecule has 1 radical (unpaired) electrons. The maximum absolute atomic E-state index is 10.2. The summed E-state index contributed by atoms with van der Waals surface area (Å²) in [6.07, 6.45) is 0. The molecule has 3 heteroatoms. The monoisotopic (exact) mass is 115 g/mol. The van der Waals surface area contributed by atoms with Gasteiger partial charge in [-0.15, -0.1) is 0 Å². The lowest BCUT2D eigenvalue weighted by Gasteiger charge is -1.93. The number of carboxylic acid groups (broad SMARTS) is 1. The van der Waals surface area contributed by atoms with Crippen LogP contribution in [0.2, 0.25) is 0 Å². The molecule has 0 heterocycles. The van der Waals surface area contributed by atoms with Crippen molar-refractivity contribution in [3.05, 3.63) is 6.92 Å². The minimum absolute atomic E-state index is 0.646. The van der Waals surface area contributed by atoms with E-state index in [4.69, 9.17) is 5.11 Å². The van der Waals surface area contributed by atoms with Gasteiger partial charge in [-0.25, -0.2) is 4.79 Å². The van der Waals surface area contributed by atoms with Crippen LogP contribution < -0.4 is 0 Å². The van der Waals surface area contributed by atoms with Gasteiger partial charge < -0.3 is 5.11 Å². The Hall–Kier alpha value is -0.860. The molecule has 45 valence electrons. The minimum Gasteiger partial charge on any atom is -0.475 e. The molecule has 3 nitrogen and oxygen atoms in total. The van der Waals surface area contributed by atoms with Crippen LogP contribution in [0.5, 0.6) is 0 Å². The maximum atomic E-state index is 10.2. The third-order valence-corrected chi connectivity index (χ3v) is 0.658. The number of hydrogen-bond donors (Lipinski definition) is 1. The zero-order valence-electron chi connectivity index (χ0n) is 4.55. The lowest BCUT2D eigenvalue weighted by molar-refractivity contribution is -0.150. The van der Waals surface area contributed by atoms with E-state index in [9.17, 15) is 9.59 Å². The average Bonchev–Trinajstić information content (AvgIpc) is 1.64. The maximum Gasteiger partial charge on any atom is 0.372 e. The molecule has 0 saturated carbocycles. The molecule has 0 aromatic heterocycles. The van der Waals surface area contributed by atoms with Crippen molar-refractivity contribution >= 4 is 11.8 Å². The molecule has 0 rings (SSSR count). The van der Waals surface area contributed by atoms with Crippen LogP contribution in [0, 0.1) is 12.8 Å². The Morgan fingerprint density at radius 2 is 2.00 bits per heavy atom. The molecule has 0 aliphatic heterocycles. The van der Waals surface area contributed by atoms with Gasteiger partial charge in [0.05, 0.1) is 0 Å². The van der Waals surface area contributed by atoms with Gasteiger partial charge in [-0.05, 0) is 6.92 Å². The van der Waals surface area contributed by atoms with Crippen LogP contribution in [-0.4, -0.2) is 16.9 Å². The molecular formula is C5H7O3. The molecule has 1 atom stereocenters. The Labute approximate surface area is 47.3 Å². The first kappa shape index (κ1) is 7.14. The van der Waals surface area contributed by atoms with Crippen molar-refractivity contribution in [2.75, 3.05) is 0 Å². The first-order chi connectivity index (χ1) is 3.55. The van der Waals surface area contributed by atoms with Crippen LogP contribution >= 0.6 is 0 Å². The van der Waals surface area contributed by atoms with Crippen molar-refractivity contribution in [1.29, 1.82) is 0 Å². The van der Waals surface area contributed by atoms with Gasteiger partial charge in [-0.1, -0.05) is 6.92 Å². The van der Waals surface area contributed by atoms with Crippen LogP contribution in [0.25, 0.3) is 0 Å². The first-order valence-corrected chi connectivity index (χ1v) is 2.16. The predicted molar refractivity (Wildman–Crippen MR) is 27.2 cm³/mol. The standard InChI is InChI=1S/C5H7O3/c1-3(2)4(6)5(7)8/h3H,1H2,2H3,(H,7,8). The number of hydrogen-bond acceptors (Lipinski definition) is 2. The topological polar surface area (TPSA) is 54.4 Å². The van der Waals surface area contributed by atoms with Gasteiger partial charge >= 0.3 is 5.97 Å². The molecule has 8 heavy (non-hydrogen) atoms. The second-order valence-electron chi connectivity index (χ2n) is 1.57. The molecule has 0 bridgehead atoms. The molecule has 0 aliphatic rings. The number of carboxylic acids is 1. The van der Waals surface area contributed by atoms with Crippen molar-refractivity contribution < 1.29 is 14.7 Å². The highest BCUT2D eigenvalue weighted by atomic mass is 16.4. The van der Waals surface area contributed by atoms with Crippen molar-refractivity contribution in [2.24, 2.45) is 5.92 Å². The van der Waals surface area contributed by atoms with E-state index in [1.54, 1.807) is 0 Å². The fourth-order valence-electron chi connectivity index (χ4n) is 0.211. The molecule has 0 fully saturated rings. The summed E-state index contributed by atoms with van der Waals surface area (Å²) in [6, 6.07) is 0. The Balaban J connectivity index is 3.84. The van der Waals surface area contributed by atoms with Crippen LogP contribution in [0.3, 0.4) is 0 Å². The predicted octanol–water partition coefficient (Wildman–Crippen LogP) is 0.110. The molecular weight excluding hydrogens is 108 g/mol. The summed E-state index contributed by atoms with van der Waals surface area (Å²) in [5, 5.41) is 7.96. The Morgan fingerprint density at radius 3 is 2.00 bits per heavy atom. The van der Waals surface area contributed by atoms with Crippen molar-refractivity contribution in [3.63, 3.8) is 0 Å². The molecule has 1 N–H and O–H groups in total. The Morgan fingerprint density at radius 1 is 1.62 bits per heavy atom. The summed E-state index contributed by atoms with van der Waals surface area (Å²) in [6.45, 7) is 4.67. The third-order valence-electron chi connectivity index (χ3n) is 0.658. The van der Waals surface area contributed by atoms with Gasteiger partial charge in [-0.2, -0.15) is 0 Å². The molecule has 0 aromatic carbocycles. The van der Waals surface area contributed by atoms with Gasteiger partial charge in [0, 0.05) is 5.92 Å². The van der Waals surface area contributed by atoms with Crippen molar-refractivity contribution in [2.45, 2.75) is 6.92 Å².